The first-order valence-corrected chi connectivity index (χ1v) is 11.9. The zero-order valence-electron chi connectivity index (χ0n) is 20.3. The summed E-state index contributed by atoms with van der Waals surface area (Å²) in [5.41, 5.74) is 7.14. The molecule has 5 rings (SSSR count). The van der Waals surface area contributed by atoms with Crippen LogP contribution in [-0.4, -0.2) is 15.2 Å². The van der Waals surface area contributed by atoms with Crippen molar-refractivity contribution in [3.05, 3.63) is 138 Å². The van der Waals surface area contributed by atoms with Gasteiger partial charge in [0, 0.05) is 27.8 Å². The van der Waals surface area contributed by atoms with Crippen molar-refractivity contribution >= 4 is 17.0 Å². The number of nitrogens with zero attached hydrogens (tertiary/aromatic N) is 2. The fraction of sp³-hybridized carbons (Fsp3) is 0.125. The number of fused-ring (bicyclic) bond motifs is 1. The first kappa shape index (κ1) is 22.5. The summed E-state index contributed by atoms with van der Waals surface area (Å²) in [5.74, 6) is -0.0355. The van der Waals surface area contributed by atoms with E-state index in [0.29, 0.717) is 5.56 Å². The third-order valence-corrected chi connectivity index (χ3v) is 6.13. The Hall–Kier alpha value is -4.24. The Morgan fingerprint density at radius 2 is 1.29 bits per heavy atom. The molecule has 0 saturated carbocycles. The number of hydrogen-bond donors (Lipinski definition) is 0. The Kier molecular flexibility index (Phi) is 5.92. The van der Waals surface area contributed by atoms with Gasteiger partial charge in [-0.25, -0.2) is 4.98 Å². The lowest BCUT2D eigenvalue weighted by Gasteiger charge is -2.23. The van der Waals surface area contributed by atoms with Crippen molar-refractivity contribution in [1.82, 2.24) is 9.38 Å². The summed E-state index contributed by atoms with van der Waals surface area (Å²) in [5, 5.41) is 0. The highest BCUT2D eigenvalue weighted by Crippen LogP contribution is 2.36. The first-order chi connectivity index (χ1) is 16.9. The SMILES string of the molecule is CC(C)(C)c1cccc2nc(-c3ccccc3)c(/C(=C\C(=O)c3ccccc3)c3ccccc3)n12. The molecular weight excluding hydrogens is 428 g/mol. The number of allylic oxidation sites excluding steroid dienone is 1. The lowest BCUT2D eigenvalue weighted by molar-refractivity contribution is 0.104. The van der Waals surface area contributed by atoms with E-state index in [1.165, 1.54) is 0 Å². The van der Waals surface area contributed by atoms with Crippen LogP contribution in [0.3, 0.4) is 0 Å². The number of imidazole rings is 1. The average molecular weight is 457 g/mol. The minimum Gasteiger partial charge on any atom is -0.295 e. The third-order valence-electron chi connectivity index (χ3n) is 6.13. The fourth-order valence-corrected chi connectivity index (χ4v) is 4.45. The van der Waals surface area contributed by atoms with Crippen LogP contribution in [0.25, 0.3) is 22.5 Å². The van der Waals surface area contributed by atoms with E-state index in [1.807, 2.05) is 72.8 Å². The number of pyridine rings is 1. The van der Waals surface area contributed by atoms with E-state index in [1.54, 1.807) is 6.08 Å². The molecule has 0 saturated heterocycles. The van der Waals surface area contributed by atoms with Gasteiger partial charge in [0.15, 0.2) is 5.78 Å². The average Bonchev–Trinajstić information content (AvgIpc) is 3.27. The number of ketones is 1. The lowest BCUT2D eigenvalue weighted by Crippen LogP contribution is -2.17. The summed E-state index contributed by atoms with van der Waals surface area (Å²) < 4.78 is 2.22. The Morgan fingerprint density at radius 3 is 1.89 bits per heavy atom. The predicted molar refractivity (Wildman–Crippen MR) is 144 cm³/mol. The highest BCUT2D eigenvalue weighted by molar-refractivity contribution is 6.11. The third kappa shape index (κ3) is 4.45. The van der Waals surface area contributed by atoms with Gasteiger partial charge in [-0.15, -0.1) is 0 Å². The number of carbonyl (C=O) groups is 1. The van der Waals surface area contributed by atoms with Crippen molar-refractivity contribution in [3.8, 4) is 11.3 Å². The maximum atomic E-state index is 13.5. The van der Waals surface area contributed by atoms with Crippen LogP contribution in [0.5, 0.6) is 0 Å². The van der Waals surface area contributed by atoms with Crippen LogP contribution in [0.2, 0.25) is 0 Å². The molecule has 3 heteroatoms. The number of aromatic nitrogens is 2. The second-order valence-electron chi connectivity index (χ2n) is 9.68. The summed E-state index contributed by atoms with van der Waals surface area (Å²) >= 11 is 0. The van der Waals surface area contributed by atoms with Crippen LogP contribution >= 0.6 is 0 Å². The normalized spacial score (nSPS) is 12.1. The first-order valence-electron chi connectivity index (χ1n) is 11.9. The summed E-state index contributed by atoms with van der Waals surface area (Å²) in [7, 11) is 0. The zero-order valence-corrected chi connectivity index (χ0v) is 20.3. The number of rotatable bonds is 5. The summed E-state index contributed by atoms with van der Waals surface area (Å²) in [4.78, 5) is 18.6. The van der Waals surface area contributed by atoms with Crippen LogP contribution in [0.1, 0.15) is 48.1 Å². The minimum atomic E-state index is -0.131. The maximum Gasteiger partial charge on any atom is 0.186 e. The monoisotopic (exact) mass is 456 g/mol. The number of carbonyl (C=O) groups excluding carboxylic acids is 1. The van der Waals surface area contributed by atoms with E-state index >= 15 is 0 Å². The molecule has 0 fully saturated rings. The van der Waals surface area contributed by atoms with Gasteiger partial charge in [-0.2, -0.15) is 0 Å². The molecule has 2 heterocycles. The predicted octanol–water partition coefficient (Wildman–Crippen LogP) is 7.61. The van der Waals surface area contributed by atoms with Gasteiger partial charge in [0.1, 0.15) is 5.65 Å². The quantitative estimate of drug-likeness (QED) is 0.201. The van der Waals surface area contributed by atoms with Crippen molar-refractivity contribution in [1.29, 1.82) is 0 Å². The molecule has 3 aromatic carbocycles. The van der Waals surface area contributed by atoms with Crippen LogP contribution in [-0.2, 0) is 5.41 Å². The molecule has 2 aromatic heterocycles. The molecule has 0 radical (unpaired) electrons. The molecule has 0 N–H and O–H groups in total. The van der Waals surface area contributed by atoms with E-state index in [-0.39, 0.29) is 11.2 Å². The largest absolute Gasteiger partial charge is 0.295 e. The molecule has 0 bridgehead atoms. The molecular formula is C32H28N2O. The van der Waals surface area contributed by atoms with Gasteiger partial charge >= 0.3 is 0 Å². The molecule has 172 valence electrons. The molecule has 0 spiro atoms. The number of hydrogen-bond acceptors (Lipinski definition) is 2. The molecule has 0 aliphatic rings. The highest BCUT2D eigenvalue weighted by atomic mass is 16.1. The zero-order chi connectivity index (χ0) is 24.4. The van der Waals surface area contributed by atoms with E-state index in [9.17, 15) is 4.79 Å². The topological polar surface area (TPSA) is 34.4 Å². The van der Waals surface area contributed by atoms with Crippen LogP contribution in [0, 0.1) is 0 Å². The molecule has 3 nitrogen and oxygen atoms in total. The summed E-state index contributed by atoms with van der Waals surface area (Å²) in [6.07, 6.45) is 1.76. The van der Waals surface area contributed by atoms with Crippen molar-refractivity contribution in [2.24, 2.45) is 0 Å². The Morgan fingerprint density at radius 1 is 0.714 bits per heavy atom. The van der Waals surface area contributed by atoms with Gasteiger partial charge in [-0.1, -0.05) is 118 Å². The molecule has 0 amide bonds. The molecule has 35 heavy (non-hydrogen) atoms. The summed E-state index contributed by atoms with van der Waals surface area (Å²) in [6, 6.07) is 36.0. The van der Waals surface area contributed by atoms with Gasteiger partial charge in [0.05, 0.1) is 11.4 Å². The van der Waals surface area contributed by atoms with Crippen LogP contribution in [0.15, 0.2) is 115 Å². The smallest absolute Gasteiger partial charge is 0.186 e. The second-order valence-corrected chi connectivity index (χ2v) is 9.68. The molecule has 0 aliphatic heterocycles. The van der Waals surface area contributed by atoms with Crippen LogP contribution < -0.4 is 0 Å². The van der Waals surface area contributed by atoms with Crippen molar-refractivity contribution < 1.29 is 4.79 Å². The van der Waals surface area contributed by atoms with E-state index < -0.39 is 0 Å². The Labute approximate surface area is 206 Å². The highest BCUT2D eigenvalue weighted by Gasteiger charge is 2.25. The Bertz CT molecular complexity index is 1510. The summed E-state index contributed by atoms with van der Waals surface area (Å²) in [6.45, 7) is 6.61. The van der Waals surface area contributed by atoms with Gasteiger partial charge < -0.3 is 0 Å². The molecule has 0 atom stereocenters. The number of benzene rings is 3. The van der Waals surface area contributed by atoms with Crippen molar-refractivity contribution in [2.45, 2.75) is 26.2 Å². The van der Waals surface area contributed by atoms with E-state index in [0.717, 1.165) is 39.4 Å². The second kappa shape index (κ2) is 9.19. The van der Waals surface area contributed by atoms with Gasteiger partial charge in [-0.05, 0) is 23.8 Å². The van der Waals surface area contributed by atoms with E-state index in [2.05, 4.69) is 61.6 Å². The maximum absolute atomic E-state index is 13.5. The van der Waals surface area contributed by atoms with Crippen LogP contribution in [0.4, 0.5) is 0 Å². The fourth-order valence-electron chi connectivity index (χ4n) is 4.45. The van der Waals surface area contributed by atoms with Gasteiger partial charge in [0.2, 0.25) is 0 Å². The lowest BCUT2D eigenvalue weighted by atomic mass is 9.90. The van der Waals surface area contributed by atoms with E-state index in [4.69, 9.17) is 4.98 Å². The van der Waals surface area contributed by atoms with Gasteiger partial charge in [0.25, 0.3) is 0 Å². The minimum absolute atomic E-state index is 0.0355. The van der Waals surface area contributed by atoms with Crippen molar-refractivity contribution in [3.63, 3.8) is 0 Å². The van der Waals surface area contributed by atoms with Crippen molar-refractivity contribution in [2.75, 3.05) is 0 Å². The van der Waals surface area contributed by atoms with Gasteiger partial charge in [-0.3, -0.25) is 9.20 Å². The molecule has 0 unspecified atom stereocenters. The molecule has 5 aromatic rings. The molecule has 0 aliphatic carbocycles. The standard InChI is InChI=1S/C32H28N2O/c1-32(2,3)28-20-13-21-29-33-30(25-18-11-6-12-19-25)31(34(28)29)26(23-14-7-4-8-15-23)22-27(35)24-16-9-5-10-17-24/h4-22H,1-3H3/b26-22-. The Balaban J connectivity index is 1.88.